The van der Waals surface area contributed by atoms with E-state index in [1.807, 2.05) is 0 Å². The molecule has 1 N–H and O–H groups in total. The number of rotatable bonds is 4. The maximum absolute atomic E-state index is 12.9. The van der Waals surface area contributed by atoms with Gasteiger partial charge in [0.25, 0.3) is 0 Å². The number of hydrogen-bond acceptors (Lipinski definition) is 3. The van der Waals surface area contributed by atoms with E-state index < -0.39 is 17.6 Å². The number of alkyl halides is 3. The van der Waals surface area contributed by atoms with Gasteiger partial charge in [-0.1, -0.05) is 11.2 Å². The van der Waals surface area contributed by atoms with Crippen molar-refractivity contribution in [2.75, 3.05) is 0 Å². The summed E-state index contributed by atoms with van der Waals surface area (Å²) in [6.45, 7) is 0.229. The summed E-state index contributed by atoms with van der Waals surface area (Å²) in [6, 6.07) is 4.21. The van der Waals surface area contributed by atoms with Crippen LogP contribution in [0.5, 0.6) is 0 Å². The summed E-state index contributed by atoms with van der Waals surface area (Å²) in [4.78, 5) is 0. The van der Waals surface area contributed by atoms with E-state index in [2.05, 4.69) is 15.0 Å². The molecule has 0 spiro atoms. The van der Waals surface area contributed by atoms with Crippen molar-refractivity contribution < 1.29 is 22.1 Å². The number of hydrogen-bond donors (Lipinski definition) is 1. The third-order valence-electron chi connectivity index (χ3n) is 2.49. The summed E-state index contributed by atoms with van der Waals surface area (Å²) in [7, 11) is 0. The van der Waals surface area contributed by atoms with Gasteiger partial charge in [-0.15, -0.1) is 0 Å². The Hall–Kier alpha value is -1.89. The lowest BCUT2D eigenvalue weighted by Crippen LogP contribution is -2.17. The molecule has 0 aliphatic rings. The van der Waals surface area contributed by atoms with Gasteiger partial charge in [0.2, 0.25) is 0 Å². The second-order valence-electron chi connectivity index (χ2n) is 3.89. The molecule has 0 amide bonds. The van der Waals surface area contributed by atoms with E-state index in [0.29, 0.717) is 11.8 Å². The SMILES string of the molecule is Fc1ccc(CNCc2ccon2)c(C(F)(F)F)c1. The van der Waals surface area contributed by atoms with Crippen LogP contribution in [0, 0.1) is 5.82 Å². The Morgan fingerprint density at radius 2 is 1.95 bits per heavy atom. The van der Waals surface area contributed by atoms with E-state index in [1.165, 1.54) is 6.26 Å². The Labute approximate surface area is 106 Å². The predicted octanol–water partition coefficient (Wildman–Crippen LogP) is 3.12. The lowest BCUT2D eigenvalue weighted by atomic mass is 10.1. The van der Waals surface area contributed by atoms with E-state index in [-0.39, 0.29) is 18.7 Å². The zero-order chi connectivity index (χ0) is 13.9. The van der Waals surface area contributed by atoms with Crippen molar-refractivity contribution in [3.05, 3.63) is 53.2 Å². The van der Waals surface area contributed by atoms with Crippen LogP contribution in [0.25, 0.3) is 0 Å². The van der Waals surface area contributed by atoms with Crippen molar-refractivity contribution in [1.82, 2.24) is 10.5 Å². The molecule has 0 atom stereocenters. The van der Waals surface area contributed by atoms with Crippen molar-refractivity contribution in [2.45, 2.75) is 19.3 Å². The molecule has 0 saturated carbocycles. The maximum Gasteiger partial charge on any atom is 0.416 e. The average molecular weight is 274 g/mol. The van der Waals surface area contributed by atoms with Crippen LogP contribution in [0.15, 0.2) is 35.1 Å². The standard InChI is InChI=1S/C12H10F4N2O/c13-9-2-1-8(11(5-9)12(14,15)16)6-17-7-10-3-4-19-18-10/h1-5,17H,6-7H2. The van der Waals surface area contributed by atoms with Crippen LogP contribution in [0.3, 0.4) is 0 Å². The fourth-order valence-electron chi connectivity index (χ4n) is 1.62. The molecular formula is C12H10F4N2O. The van der Waals surface area contributed by atoms with Crippen molar-refractivity contribution in [3.63, 3.8) is 0 Å². The molecule has 2 rings (SSSR count). The number of halogens is 4. The minimum Gasteiger partial charge on any atom is -0.364 e. The molecule has 0 bridgehead atoms. The first-order valence-corrected chi connectivity index (χ1v) is 5.42. The third kappa shape index (κ3) is 3.54. The second-order valence-corrected chi connectivity index (χ2v) is 3.89. The Morgan fingerprint density at radius 1 is 1.16 bits per heavy atom. The normalized spacial score (nSPS) is 11.8. The fraction of sp³-hybridized carbons (Fsp3) is 0.250. The highest BCUT2D eigenvalue weighted by atomic mass is 19.4. The zero-order valence-corrected chi connectivity index (χ0v) is 9.67. The summed E-state index contributed by atoms with van der Waals surface area (Å²) < 4.78 is 55.6. The summed E-state index contributed by atoms with van der Waals surface area (Å²) in [5, 5.41) is 6.40. The highest BCUT2D eigenvalue weighted by molar-refractivity contribution is 5.30. The Morgan fingerprint density at radius 3 is 2.58 bits per heavy atom. The summed E-state index contributed by atoms with van der Waals surface area (Å²) >= 11 is 0. The second kappa shape index (κ2) is 5.40. The average Bonchev–Trinajstić information content (AvgIpc) is 2.83. The Bertz CT molecular complexity index is 537. The molecule has 0 fully saturated rings. The van der Waals surface area contributed by atoms with Gasteiger partial charge in [0.15, 0.2) is 0 Å². The molecular weight excluding hydrogens is 264 g/mol. The van der Waals surface area contributed by atoms with E-state index in [1.54, 1.807) is 6.07 Å². The number of benzene rings is 1. The molecule has 0 saturated heterocycles. The van der Waals surface area contributed by atoms with Crippen LogP contribution in [-0.2, 0) is 19.3 Å². The van der Waals surface area contributed by atoms with Gasteiger partial charge in [0.05, 0.1) is 11.3 Å². The minimum absolute atomic E-state index is 0.0163. The monoisotopic (exact) mass is 274 g/mol. The van der Waals surface area contributed by atoms with Gasteiger partial charge in [0, 0.05) is 19.2 Å². The highest BCUT2D eigenvalue weighted by Gasteiger charge is 2.33. The molecule has 19 heavy (non-hydrogen) atoms. The fourth-order valence-corrected chi connectivity index (χ4v) is 1.62. The van der Waals surface area contributed by atoms with E-state index in [4.69, 9.17) is 0 Å². The van der Waals surface area contributed by atoms with E-state index >= 15 is 0 Å². The topological polar surface area (TPSA) is 38.1 Å². The van der Waals surface area contributed by atoms with Crippen molar-refractivity contribution in [2.24, 2.45) is 0 Å². The van der Waals surface area contributed by atoms with Crippen molar-refractivity contribution in [1.29, 1.82) is 0 Å². The van der Waals surface area contributed by atoms with E-state index in [0.717, 1.165) is 12.1 Å². The summed E-state index contributed by atoms with van der Waals surface area (Å²) in [5.41, 5.74) is -0.409. The first-order chi connectivity index (χ1) is 8.97. The van der Waals surface area contributed by atoms with Gasteiger partial charge in [-0.3, -0.25) is 0 Å². The number of nitrogens with one attached hydrogen (secondary N) is 1. The number of aromatic nitrogens is 1. The predicted molar refractivity (Wildman–Crippen MR) is 58.4 cm³/mol. The molecule has 1 heterocycles. The first kappa shape index (κ1) is 13.5. The molecule has 2 aromatic rings. The molecule has 0 aliphatic carbocycles. The molecule has 7 heteroatoms. The van der Waals surface area contributed by atoms with Crippen molar-refractivity contribution in [3.8, 4) is 0 Å². The molecule has 3 nitrogen and oxygen atoms in total. The van der Waals surface area contributed by atoms with Gasteiger partial charge in [-0.25, -0.2) is 4.39 Å². The van der Waals surface area contributed by atoms with E-state index in [9.17, 15) is 17.6 Å². The Balaban J connectivity index is 2.07. The molecule has 102 valence electrons. The lowest BCUT2D eigenvalue weighted by Gasteiger charge is -2.13. The maximum atomic E-state index is 12.9. The smallest absolute Gasteiger partial charge is 0.364 e. The van der Waals surface area contributed by atoms with Gasteiger partial charge in [-0.2, -0.15) is 13.2 Å². The van der Waals surface area contributed by atoms with Gasteiger partial charge in [0.1, 0.15) is 12.1 Å². The minimum atomic E-state index is -4.58. The summed E-state index contributed by atoms with van der Waals surface area (Å²) in [5.74, 6) is -0.910. The van der Waals surface area contributed by atoms with Crippen LogP contribution >= 0.6 is 0 Å². The zero-order valence-electron chi connectivity index (χ0n) is 9.67. The lowest BCUT2D eigenvalue weighted by molar-refractivity contribution is -0.138. The number of nitrogens with zero attached hydrogens (tertiary/aromatic N) is 1. The molecule has 0 unspecified atom stereocenters. The van der Waals surface area contributed by atoms with Crippen LogP contribution in [0.4, 0.5) is 17.6 Å². The third-order valence-corrected chi connectivity index (χ3v) is 2.49. The van der Waals surface area contributed by atoms with Gasteiger partial charge >= 0.3 is 6.18 Å². The van der Waals surface area contributed by atoms with Gasteiger partial charge < -0.3 is 9.84 Å². The van der Waals surface area contributed by atoms with Crippen molar-refractivity contribution >= 4 is 0 Å². The molecule has 1 aromatic heterocycles. The highest BCUT2D eigenvalue weighted by Crippen LogP contribution is 2.32. The molecule has 0 radical (unpaired) electrons. The first-order valence-electron chi connectivity index (χ1n) is 5.42. The van der Waals surface area contributed by atoms with Crippen LogP contribution in [-0.4, -0.2) is 5.16 Å². The Kier molecular flexibility index (Phi) is 3.84. The van der Waals surface area contributed by atoms with Crippen LogP contribution in [0.1, 0.15) is 16.8 Å². The largest absolute Gasteiger partial charge is 0.416 e. The van der Waals surface area contributed by atoms with Gasteiger partial charge in [-0.05, 0) is 17.7 Å². The van der Waals surface area contributed by atoms with Crippen LogP contribution in [0.2, 0.25) is 0 Å². The summed E-state index contributed by atoms with van der Waals surface area (Å²) in [6.07, 6.45) is -3.21. The van der Waals surface area contributed by atoms with Crippen LogP contribution < -0.4 is 5.32 Å². The quantitative estimate of drug-likeness (QED) is 0.870. The molecule has 0 aliphatic heterocycles. The molecule has 1 aromatic carbocycles.